The van der Waals surface area contributed by atoms with E-state index in [0.717, 1.165) is 0 Å². The van der Waals surface area contributed by atoms with Crippen LogP contribution in [0.4, 0.5) is 23.2 Å². The molecule has 1 rings (SSSR count). The fraction of sp³-hybridized carbons (Fsp3) is 0.545. The van der Waals surface area contributed by atoms with Gasteiger partial charge in [-0.1, -0.05) is 0 Å². The molecule has 0 aliphatic carbocycles. The molecule has 0 aliphatic rings. The highest BCUT2D eigenvalue weighted by atomic mass is 19.2. The highest BCUT2D eigenvalue weighted by molar-refractivity contribution is 5.45. The third-order valence-electron chi connectivity index (χ3n) is 2.65. The Morgan fingerprint density at radius 2 is 1.61 bits per heavy atom. The van der Waals surface area contributed by atoms with Crippen molar-refractivity contribution >= 4 is 5.69 Å². The number of rotatable bonds is 5. The zero-order valence-corrected chi connectivity index (χ0v) is 10.4. The van der Waals surface area contributed by atoms with Gasteiger partial charge in [0.2, 0.25) is 11.6 Å². The van der Waals surface area contributed by atoms with E-state index in [1.54, 1.807) is 0 Å². The van der Waals surface area contributed by atoms with Crippen molar-refractivity contribution in [1.29, 1.82) is 0 Å². The van der Waals surface area contributed by atoms with Gasteiger partial charge in [0.25, 0.3) is 11.9 Å². The standard InChI is InChI=1S/C11H15F4N3/c1-6(2)18(3)5-4-16-9-7(12)10(14)17-11(15)8(9)13/h6H,4-5H2,1-3H3,(H,16,17). The van der Waals surface area contributed by atoms with Crippen molar-refractivity contribution in [2.75, 3.05) is 25.5 Å². The van der Waals surface area contributed by atoms with Gasteiger partial charge < -0.3 is 10.2 Å². The van der Waals surface area contributed by atoms with Crippen molar-refractivity contribution < 1.29 is 17.6 Å². The molecular weight excluding hydrogens is 250 g/mol. The summed E-state index contributed by atoms with van der Waals surface area (Å²) in [5.41, 5.74) is -0.822. The summed E-state index contributed by atoms with van der Waals surface area (Å²) in [4.78, 5) is 4.38. The third-order valence-corrected chi connectivity index (χ3v) is 2.65. The van der Waals surface area contributed by atoms with E-state index in [9.17, 15) is 17.6 Å². The lowest BCUT2D eigenvalue weighted by Gasteiger charge is -2.21. The van der Waals surface area contributed by atoms with E-state index < -0.39 is 29.2 Å². The summed E-state index contributed by atoms with van der Waals surface area (Å²) in [6, 6.07) is 0.257. The van der Waals surface area contributed by atoms with Gasteiger partial charge in [-0.2, -0.15) is 22.5 Å². The Morgan fingerprint density at radius 1 is 1.11 bits per heavy atom. The van der Waals surface area contributed by atoms with Crippen LogP contribution in [0.3, 0.4) is 0 Å². The van der Waals surface area contributed by atoms with Gasteiger partial charge in [0.05, 0.1) is 0 Å². The smallest absolute Gasteiger partial charge is 0.253 e. The van der Waals surface area contributed by atoms with Crippen molar-refractivity contribution in [3.05, 3.63) is 23.5 Å². The molecule has 0 spiro atoms. The lowest BCUT2D eigenvalue weighted by atomic mass is 10.3. The quantitative estimate of drug-likeness (QED) is 0.654. The van der Waals surface area contributed by atoms with Crippen LogP contribution in [0, 0.1) is 23.5 Å². The molecule has 0 radical (unpaired) electrons. The van der Waals surface area contributed by atoms with Gasteiger partial charge in [0.15, 0.2) is 0 Å². The molecular formula is C11H15F4N3. The van der Waals surface area contributed by atoms with Crippen molar-refractivity contribution in [3.63, 3.8) is 0 Å². The van der Waals surface area contributed by atoms with Gasteiger partial charge in [-0.3, -0.25) is 0 Å². The number of hydrogen-bond donors (Lipinski definition) is 1. The zero-order chi connectivity index (χ0) is 13.9. The van der Waals surface area contributed by atoms with E-state index in [1.807, 2.05) is 25.8 Å². The maximum absolute atomic E-state index is 13.2. The minimum atomic E-state index is -1.66. The van der Waals surface area contributed by atoms with Crippen molar-refractivity contribution in [2.24, 2.45) is 0 Å². The van der Waals surface area contributed by atoms with Gasteiger partial charge in [-0.05, 0) is 20.9 Å². The topological polar surface area (TPSA) is 28.2 Å². The Morgan fingerprint density at radius 3 is 2.06 bits per heavy atom. The largest absolute Gasteiger partial charge is 0.379 e. The fourth-order valence-electron chi connectivity index (χ4n) is 1.26. The van der Waals surface area contributed by atoms with E-state index in [0.29, 0.717) is 6.54 Å². The number of anilines is 1. The van der Waals surface area contributed by atoms with Crippen LogP contribution in [0.15, 0.2) is 0 Å². The number of nitrogens with zero attached hydrogens (tertiary/aromatic N) is 2. The van der Waals surface area contributed by atoms with Crippen LogP contribution in [0.25, 0.3) is 0 Å². The first-order valence-electron chi connectivity index (χ1n) is 5.48. The Balaban J connectivity index is 2.73. The maximum Gasteiger partial charge on any atom is 0.253 e. The first-order chi connectivity index (χ1) is 8.34. The molecule has 102 valence electrons. The molecule has 0 atom stereocenters. The molecule has 1 aromatic rings. The van der Waals surface area contributed by atoms with E-state index in [4.69, 9.17) is 0 Å². The van der Waals surface area contributed by atoms with Crippen LogP contribution in [-0.2, 0) is 0 Å². The monoisotopic (exact) mass is 265 g/mol. The Kier molecular flexibility index (Phi) is 4.89. The van der Waals surface area contributed by atoms with Gasteiger partial charge in [-0.15, -0.1) is 0 Å². The number of hydrogen-bond acceptors (Lipinski definition) is 3. The van der Waals surface area contributed by atoms with Gasteiger partial charge in [0.1, 0.15) is 5.69 Å². The molecule has 0 unspecified atom stereocenters. The summed E-state index contributed by atoms with van der Waals surface area (Å²) in [7, 11) is 1.83. The molecule has 0 fully saturated rings. The predicted octanol–water partition coefficient (Wildman–Crippen LogP) is 2.39. The average Bonchev–Trinajstić information content (AvgIpc) is 2.30. The third kappa shape index (κ3) is 3.32. The highest BCUT2D eigenvalue weighted by Crippen LogP contribution is 2.21. The number of likely N-dealkylation sites (N-methyl/N-ethyl adjacent to an activating group) is 1. The summed E-state index contributed by atoms with van der Waals surface area (Å²) in [6.45, 7) is 4.54. The number of pyridine rings is 1. The number of halogens is 4. The van der Waals surface area contributed by atoms with Crippen molar-refractivity contribution in [2.45, 2.75) is 19.9 Å². The van der Waals surface area contributed by atoms with Crippen LogP contribution in [-0.4, -0.2) is 36.1 Å². The van der Waals surface area contributed by atoms with Crippen LogP contribution in [0.2, 0.25) is 0 Å². The molecule has 7 heteroatoms. The average molecular weight is 265 g/mol. The normalized spacial score (nSPS) is 11.4. The van der Waals surface area contributed by atoms with Gasteiger partial charge in [-0.25, -0.2) is 0 Å². The number of nitrogens with one attached hydrogen (secondary N) is 1. The highest BCUT2D eigenvalue weighted by Gasteiger charge is 2.20. The Hall–Kier alpha value is -1.37. The van der Waals surface area contributed by atoms with Crippen LogP contribution in [0.5, 0.6) is 0 Å². The minimum absolute atomic E-state index is 0.158. The second kappa shape index (κ2) is 5.99. The summed E-state index contributed by atoms with van der Waals surface area (Å²) in [6.07, 6.45) is 0. The lowest BCUT2D eigenvalue weighted by Crippen LogP contribution is -2.31. The second-order valence-corrected chi connectivity index (χ2v) is 4.20. The summed E-state index contributed by atoms with van der Waals surface area (Å²) in [5.74, 6) is -6.34. The van der Waals surface area contributed by atoms with Gasteiger partial charge in [0, 0.05) is 19.1 Å². The van der Waals surface area contributed by atoms with E-state index >= 15 is 0 Å². The predicted molar refractivity (Wildman–Crippen MR) is 60.3 cm³/mol. The van der Waals surface area contributed by atoms with Crippen LogP contribution in [0.1, 0.15) is 13.8 Å². The van der Waals surface area contributed by atoms with Crippen LogP contribution >= 0.6 is 0 Å². The molecule has 1 N–H and O–H groups in total. The number of aromatic nitrogens is 1. The summed E-state index contributed by atoms with van der Waals surface area (Å²) < 4.78 is 52.0. The molecule has 1 aromatic heterocycles. The second-order valence-electron chi connectivity index (χ2n) is 4.20. The summed E-state index contributed by atoms with van der Waals surface area (Å²) in [5, 5.41) is 2.34. The van der Waals surface area contributed by atoms with Crippen LogP contribution < -0.4 is 5.32 Å². The van der Waals surface area contributed by atoms with Gasteiger partial charge >= 0.3 is 0 Å². The van der Waals surface area contributed by atoms with E-state index in [-0.39, 0.29) is 12.6 Å². The summed E-state index contributed by atoms with van der Waals surface area (Å²) >= 11 is 0. The maximum atomic E-state index is 13.2. The first kappa shape index (κ1) is 14.7. The lowest BCUT2D eigenvalue weighted by molar-refractivity contribution is 0.284. The minimum Gasteiger partial charge on any atom is -0.379 e. The molecule has 0 aliphatic heterocycles. The molecule has 0 bridgehead atoms. The SMILES string of the molecule is CC(C)N(C)CCNc1c(F)c(F)nc(F)c1F. The first-order valence-corrected chi connectivity index (χ1v) is 5.48. The fourth-order valence-corrected chi connectivity index (χ4v) is 1.26. The van der Waals surface area contributed by atoms with E-state index in [1.165, 1.54) is 0 Å². The molecule has 0 saturated heterocycles. The Labute approximate surface area is 103 Å². The molecule has 3 nitrogen and oxygen atoms in total. The molecule has 0 aromatic carbocycles. The van der Waals surface area contributed by atoms with E-state index in [2.05, 4.69) is 10.3 Å². The van der Waals surface area contributed by atoms with Crippen molar-refractivity contribution in [1.82, 2.24) is 9.88 Å². The molecule has 18 heavy (non-hydrogen) atoms. The Bertz CT molecular complexity index is 397. The molecule has 1 heterocycles. The zero-order valence-electron chi connectivity index (χ0n) is 10.4. The molecule has 0 saturated carbocycles. The van der Waals surface area contributed by atoms with Crippen molar-refractivity contribution in [3.8, 4) is 0 Å². The molecule has 0 amide bonds.